The number of benzene rings is 1. The SMILES string of the molecule is CCCCCCCCOc1ccc(C(=O)OC2(CCCCC)CC[CH]CC2)cc1Br. The molecule has 1 radical (unpaired) electrons. The second-order valence-corrected chi connectivity index (χ2v) is 9.51. The smallest absolute Gasteiger partial charge is 0.338 e. The second-order valence-electron chi connectivity index (χ2n) is 8.66. The van der Waals surface area contributed by atoms with Crippen molar-refractivity contribution in [3.63, 3.8) is 0 Å². The molecule has 0 saturated heterocycles. The van der Waals surface area contributed by atoms with E-state index in [1.54, 1.807) is 0 Å². The monoisotopic (exact) mass is 479 g/mol. The molecular formula is C26H40BrO3. The van der Waals surface area contributed by atoms with Gasteiger partial charge in [0.1, 0.15) is 11.4 Å². The third kappa shape index (κ3) is 8.61. The number of ether oxygens (including phenoxy) is 2. The predicted octanol–water partition coefficient (Wildman–Crippen LogP) is 8.44. The zero-order valence-corrected chi connectivity index (χ0v) is 20.6. The van der Waals surface area contributed by atoms with Gasteiger partial charge in [-0.2, -0.15) is 0 Å². The van der Waals surface area contributed by atoms with E-state index in [2.05, 4.69) is 36.2 Å². The predicted molar refractivity (Wildman–Crippen MR) is 128 cm³/mol. The first-order valence-corrected chi connectivity index (χ1v) is 12.9. The molecule has 169 valence electrons. The fourth-order valence-corrected chi connectivity index (χ4v) is 4.66. The molecule has 2 rings (SSSR count). The Kier molecular flexibility index (Phi) is 11.9. The fourth-order valence-electron chi connectivity index (χ4n) is 4.16. The molecule has 4 heteroatoms. The third-order valence-electron chi connectivity index (χ3n) is 6.08. The molecule has 0 spiro atoms. The maximum atomic E-state index is 12.9. The summed E-state index contributed by atoms with van der Waals surface area (Å²) in [6.45, 7) is 5.16. The molecule has 0 aliphatic heterocycles. The molecule has 1 aromatic carbocycles. The van der Waals surface area contributed by atoms with Crippen LogP contribution in [0.2, 0.25) is 0 Å². The van der Waals surface area contributed by atoms with E-state index in [0.717, 1.165) is 55.2 Å². The Morgan fingerprint density at radius 1 is 0.967 bits per heavy atom. The van der Waals surface area contributed by atoms with Crippen LogP contribution < -0.4 is 4.74 Å². The standard InChI is InChI=1S/C26H40BrO3/c1-3-5-7-8-9-14-20-29-24-16-15-22(21-23(24)27)25(28)30-26(17-11-6-4-2)18-12-10-13-19-26/h10,15-16,21H,3-9,11-14,17-20H2,1-2H3. The lowest BCUT2D eigenvalue weighted by atomic mass is 9.81. The largest absolute Gasteiger partial charge is 0.492 e. The summed E-state index contributed by atoms with van der Waals surface area (Å²) in [4.78, 5) is 12.9. The maximum Gasteiger partial charge on any atom is 0.338 e. The van der Waals surface area contributed by atoms with Crippen molar-refractivity contribution in [1.82, 2.24) is 0 Å². The molecule has 0 unspecified atom stereocenters. The minimum atomic E-state index is -0.291. The molecule has 1 aromatic rings. The summed E-state index contributed by atoms with van der Waals surface area (Å²) in [6, 6.07) is 5.56. The average molecular weight is 481 g/mol. The number of carbonyl (C=O) groups excluding carboxylic acids is 1. The summed E-state index contributed by atoms with van der Waals surface area (Å²) in [5.41, 5.74) is 0.304. The zero-order chi connectivity index (χ0) is 21.7. The van der Waals surface area contributed by atoms with Crippen LogP contribution in [0.1, 0.15) is 114 Å². The number of carbonyl (C=O) groups is 1. The minimum Gasteiger partial charge on any atom is -0.492 e. The third-order valence-corrected chi connectivity index (χ3v) is 6.70. The van der Waals surface area contributed by atoms with Crippen LogP contribution >= 0.6 is 15.9 Å². The van der Waals surface area contributed by atoms with Crippen molar-refractivity contribution in [2.24, 2.45) is 0 Å². The van der Waals surface area contributed by atoms with Crippen LogP contribution in [-0.4, -0.2) is 18.2 Å². The van der Waals surface area contributed by atoms with Crippen molar-refractivity contribution in [2.75, 3.05) is 6.61 Å². The van der Waals surface area contributed by atoms with Crippen LogP contribution in [0.3, 0.4) is 0 Å². The summed E-state index contributed by atoms with van der Waals surface area (Å²) in [7, 11) is 0. The first kappa shape index (κ1) is 25.2. The number of halogens is 1. The maximum absolute atomic E-state index is 12.9. The van der Waals surface area contributed by atoms with Crippen LogP contribution in [-0.2, 0) is 4.74 Å². The van der Waals surface area contributed by atoms with Crippen molar-refractivity contribution >= 4 is 21.9 Å². The van der Waals surface area contributed by atoms with Crippen molar-refractivity contribution < 1.29 is 14.3 Å². The molecule has 3 nitrogen and oxygen atoms in total. The average Bonchev–Trinajstić information content (AvgIpc) is 2.75. The molecule has 0 N–H and O–H groups in total. The van der Waals surface area contributed by atoms with Gasteiger partial charge in [0, 0.05) is 0 Å². The van der Waals surface area contributed by atoms with Gasteiger partial charge in [-0.3, -0.25) is 0 Å². The Labute approximate surface area is 192 Å². The van der Waals surface area contributed by atoms with Crippen molar-refractivity contribution in [3.05, 3.63) is 34.7 Å². The minimum absolute atomic E-state index is 0.212. The first-order chi connectivity index (χ1) is 14.6. The quantitative estimate of drug-likeness (QED) is 0.198. The Morgan fingerprint density at radius 2 is 1.63 bits per heavy atom. The van der Waals surface area contributed by atoms with Gasteiger partial charge in [0.05, 0.1) is 16.6 Å². The number of hydrogen-bond acceptors (Lipinski definition) is 3. The highest BCUT2D eigenvalue weighted by Gasteiger charge is 2.35. The van der Waals surface area contributed by atoms with E-state index in [4.69, 9.17) is 9.47 Å². The number of esters is 1. The summed E-state index contributed by atoms with van der Waals surface area (Å²) in [5, 5.41) is 0. The van der Waals surface area contributed by atoms with E-state index >= 15 is 0 Å². The first-order valence-electron chi connectivity index (χ1n) is 12.1. The van der Waals surface area contributed by atoms with Crippen molar-refractivity contribution in [1.29, 1.82) is 0 Å². The Hall–Kier alpha value is -1.03. The highest BCUT2D eigenvalue weighted by molar-refractivity contribution is 9.10. The van der Waals surface area contributed by atoms with Gasteiger partial charge in [0.15, 0.2) is 0 Å². The Morgan fingerprint density at radius 3 is 2.33 bits per heavy atom. The molecule has 0 bridgehead atoms. The van der Waals surface area contributed by atoms with Crippen LogP contribution in [0.4, 0.5) is 0 Å². The van der Waals surface area contributed by atoms with Crippen LogP contribution in [0.5, 0.6) is 5.75 Å². The molecule has 0 atom stereocenters. The van der Waals surface area contributed by atoms with Gasteiger partial charge >= 0.3 is 5.97 Å². The second kappa shape index (κ2) is 14.1. The van der Waals surface area contributed by atoms with Gasteiger partial charge in [-0.05, 0) is 85.5 Å². The zero-order valence-electron chi connectivity index (χ0n) is 19.0. The Bertz CT molecular complexity index is 623. The number of hydrogen-bond donors (Lipinski definition) is 0. The van der Waals surface area contributed by atoms with Gasteiger partial charge < -0.3 is 9.47 Å². The van der Waals surface area contributed by atoms with Crippen LogP contribution in [0, 0.1) is 6.42 Å². The molecule has 30 heavy (non-hydrogen) atoms. The lowest BCUT2D eigenvalue weighted by Crippen LogP contribution is -2.37. The van der Waals surface area contributed by atoms with Crippen molar-refractivity contribution in [2.45, 2.75) is 109 Å². The highest BCUT2D eigenvalue weighted by atomic mass is 79.9. The van der Waals surface area contributed by atoms with E-state index in [9.17, 15) is 4.79 Å². The molecule has 0 aromatic heterocycles. The van der Waals surface area contributed by atoms with Crippen molar-refractivity contribution in [3.8, 4) is 5.75 Å². The van der Waals surface area contributed by atoms with Crippen LogP contribution in [0.15, 0.2) is 22.7 Å². The van der Waals surface area contributed by atoms with Gasteiger partial charge in [0.25, 0.3) is 0 Å². The van der Waals surface area contributed by atoms with Gasteiger partial charge in [-0.25, -0.2) is 4.79 Å². The molecule has 1 saturated carbocycles. The van der Waals surface area contributed by atoms with Gasteiger partial charge in [-0.15, -0.1) is 0 Å². The number of rotatable bonds is 14. The fraction of sp³-hybridized carbons (Fsp3) is 0.692. The van der Waals surface area contributed by atoms with E-state index < -0.39 is 0 Å². The van der Waals surface area contributed by atoms with Gasteiger partial charge in [0.2, 0.25) is 0 Å². The van der Waals surface area contributed by atoms with E-state index in [1.165, 1.54) is 44.9 Å². The summed E-state index contributed by atoms with van der Waals surface area (Å²) < 4.78 is 12.9. The molecule has 1 fully saturated rings. The topological polar surface area (TPSA) is 35.5 Å². The normalized spacial score (nSPS) is 15.7. The molecule has 1 aliphatic carbocycles. The van der Waals surface area contributed by atoms with Crippen LogP contribution in [0.25, 0.3) is 0 Å². The Balaban J connectivity index is 1.87. The molecule has 1 aliphatic rings. The van der Waals surface area contributed by atoms with E-state index in [1.807, 2.05) is 18.2 Å². The molecular weight excluding hydrogens is 440 g/mol. The molecule has 0 amide bonds. The summed E-state index contributed by atoms with van der Waals surface area (Å²) >= 11 is 3.57. The molecule has 0 heterocycles. The number of unbranched alkanes of at least 4 members (excludes halogenated alkanes) is 7. The summed E-state index contributed by atoms with van der Waals surface area (Å²) in [6.07, 6.45) is 18.2. The lowest BCUT2D eigenvalue weighted by molar-refractivity contribution is -0.0387. The lowest BCUT2D eigenvalue weighted by Gasteiger charge is -2.37. The highest BCUT2D eigenvalue weighted by Crippen LogP contribution is 2.37. The van der Waals surface area contributed by atoms with Gasteiger partial charge in [-0.1, -0.05) is 58.8 Å². The van der Waals surface area contributed by atoms with E-state index in [0.29, 0.717) is 12.2 Å². The summed E-state index contributed by atoms with van der Waals surface area (Å²) in [5.74, 6) is 0.585. The van der Waals surface area contributed by atoms with E-state index in [-0.39, 0.29) is 11.6 Å².